The van der Waals surface area contributed by atoms with E-state index in [4.69, 9.17) is 10.6 Å². The van der Waals surface area contributed by atoms with E-state index in [0.29, 0.717) is 0 Å². The summed E-state index contributed by atoms with van der Waals surface area (Å²) in [5.41, 5.74) is 2.91. The standard InChI is InChI=1S/C11H16N2O2/c1-8(2)15-10(11(14)13-12)9-6-4-3-5-7-9/h3-8,10H,12H2,1-2H3,(H,13,14). The molecule has 0 heterocycles. The number of nitrogens with two attached hydrogens (primary N) is 1. The van der Waals surface area contributed by atoms with Gasteiger partial charge >= 0.3 is 0 Å². The highest BCUT2D eigenvalue weighted by atomic mass is 16.5. The Bertz CT molecular complexity index is 312. The van der Waals surface area contributed by atoms with E-state index in [1.54, 1.807) is 0 Å². The number of benzene rings is 1. The molecule has 1 atom stereocenters. The lowest BCUT2D eigenvalue weighted by Gasteiger charge is -2.18. The summed E-state index contributed by atoms with van der Waals surface area (Å²) < 4.78 is 5.50. The average molecular weight is 208 g/mol. The van der Waals surface area contributed by atoms with Crippen molar-refractivity contribution in [2.75, 3.05) is 0 Å². The molecule has 1 aromatic carbocycles. The molecule has 1 amide bonds. The van der Waals surface area contributed by atoms with Crippen molar-refractivity contribution in [2.24, 2.45) is 5.84 Å². The number of rotatable bonds is 4. The first-order valence-corrected chi connectivity index (χ1v) is 4.86. The van der Waals surface area contributed by atoms with Crippen LogP contribution in [0.1, 0.15) is 25.5 Å². The lowest BCUT2D eigenvalue weighted by molar-refractivity contribution is -0.136. The van der Waals surface area contributed by atoms with E-state index in [-0.39, 0.29) is 12.0 Å². The van der Waals surface area contributed by atoms with Gasteiger partial charge in [0, 0.05) is 0 Å². The predicted molar refractivity (Wildman–Crippen MR) is 57.7 cm³/mol. The van der Waals surface area contributed by atoms with Crippen molar-refractivity contribution in [3.63, 3.8) is 0 Å². The number of amides is 1. The third-order valence-corrected chi connectivity index (χ3v) is 1.89. The lowest BCUT2D eigenvalue weighted by atomic mass is 10.1. The van der Waals surface area contributed by atoms with Crippen LogP contribution in [0, 0.1) is 0 Å². The Morgan fingerprint density at radius 2 is 1.93 bits per heavy atom. The summed E-state index contributed by atoms with van der Waals surface area (Å²) in [6.07, 6.45) is -0.677. The second kappa shape index (κ2) is 5.48. The molecule has 82 valence electrons. The van der Waals surface area contributed by atoms with Crippen molar-refractivity contribution in [3.8, 4) is 0 Å². The number of carbonyl (C=O) groups excluding carboxylic acids is 1. The van der Waals surface area contributed by atoms with Crippen molar-refractivity contribution in [3.05, 3.63) is 35.9 Å². The van der Waals surface area contributed by atoms with Gasteiger partial charge in [0.25, 0.3) is 5.91 Å². The first kappa shape index (κ1) is 11.7. The van der Waals surface area contributed by atoms with E-state index < -0.39 is 6.10 Å². The zero-order valence-electron chi connectivity index (χ0n) is 8.94. The van der Waals surface area contributed by atoms with Crippen molar-refractivity contribution in [1.29, 1.82) is 0 Å². The summed E-state index contributed by atoms with van der Waals surface area (Å²) in [5.74, 6) is 4.77. The molecule has 0 saturated heterocycles. The number of carbonyl (C=O) groups is 1. The van der Waals surface area contributed by atoms with Gasteiger partial charge < -0.3 is 4.74 Å². The molecule has 3 N–H and O–H groups in total. The van der Waals surface area contributed by atoms with Gasteiger partial charge in [0.1, 0.15) is 0 Å². The van der Waals surface area contributed by atoms with Crippen molar-refractivity contribution < 1.29 is 9.53 Å². The SMILES string of the molecule is CC(C)OC(C(=O)NN)c1ccccc1. The molecule has 0 bridgehead atoms. The van der Waals surface area contributed by atoms with E-state index in [0.717, 1.165) is 5.56 Å². The molecule has 0 aliphatic carbocycles. The minimum absolute atomic E-state index is 0.0347. The van der Waals surface area contributed by atoms with E-state index in [1.807, 2.05) is 44.2 Å². The number of hydrogen-bond acceptors (Lipinski definition) is 3. The number of ether oxygens (including phenoxy) is 1. The van der Waals surface area contributed by atoms with Crippen LogP contribution in [-0.4, -0.2) is 12.0 Å². The van der Waals surface area contributed by atoms with Crippen LogP contribution in [0.5, 0.6) is 0 Å². The van der Waals surface area contributed by atoms with Gasteiger partial charge in [0.05, 0.1) is 6.10 Å². The zero-order valence-corrected chi connectivity index (χ0v) is 8.94. The first-order chi connectivity index (χ1) is 7.15. The highest BCUT2D eigenvalue weighted by molar-refractivity contribution is 5.81. The van der Waals surface area contributed by atoms with Crippen LogP contribution in [0.15, 0.2) is 30.3 Å². The molecule has 0 aliphatic rings. The number of hydrazine groups is 1. The summed E-state index contributed by atoms with van der Waals surface area (Å²) in [6.45, 7) is 3.75. The molecule has 4 heteroatoms. The number of nitrogens with one attached hydrogen (secondary N) is 1. The maximum absolute atomic E-state index is 11.5. The maximum Gasteiger partial charge on any atom is 0.267 e. The Kier molecular flexibility index (Phi) is 4.27. The Hall–Kier alpha value is -1.39. The summed E-state index contributed by atoms with van der Waals surface area (Å²) >= 11 is 0. The normalized spacial score (nSPS) is 12.5. The highest BCUT2D eigenvalue weighted by Crippen LogP contribution is 2.18. The first-order valence-electron chi connectivity index (χ1n) is 4.86. The fourth-order valence-corrected chi connectivity index (χ4v) is 1.27. The monoisotopic (exact) mass is 208 g/mol. The molecule has 1 rings (SSSR count). The van der Waals surface area contributed by atoms with E-state index in [9.17, 15) is 4.79 Å². The zero-order chi connectivity index (χ0) is 11.3. The molecule has 0 aromatic heterocycles. The molecule has 1 unspecified atom stereocenters. The fraction of sp³-hybridized carbons (Fsp3) is 0.364. The molecular formula is C11H16N2O2. The van der Waals surface area contributed by atoms with Crippen LogP contribution in [0.2, 0.25) is 0 Å². The number of hydrogen-bond donors (Lipinski definition) is 2. The van der Waals surface area contributed by atoms with Crippen LogP contribution in [-0.2, 0) is 9.53 Å². The van der Waals surface area contributed by atoms with Crippen LogP contribution in [0.4, 0.5) is 0 Å². The Balaban J connectivity index is 2.86. The van der Waals surface area contributed by atoms with Gasteiger partial charge in [-0.2, -0.15) is 0 Å². The minimum atomic E-state index is -0.642. The van der Waals surface area contributed by atoms with E-state index in [2.05, 4.69) is 5.43 Å². The lowest BCUT2D eigenvalue weighted by Crippen LogP contribution is -2.36. The predicted octanol–water partition coefficient (Wildman–Crippen LogP) is 1.14. The molecule has 4 nitrogen and oxygen atoms in total. The van der Waals surface area contributed by atoms with Crippen LogP contribution in [0.3, 0.4) is 0 Å². The summed E-state index contributed by atoms with van der Waals surface area (Å²) in [6, 6.07) is 9.27. The minimum Gasteiger partial charge on any atom is -0.361 e. The van der Waals surface area contributed by atoms with Crippen molar-refractivity contribution in [2.45, 2.75) is 26.1 Å². The fourth-order valence-electron chi connectivity index (χ4n) is 1.27. The molecule has 0 aliphatic heterocycles. The van der Waals surface area contributed by atoms with Gasteiger partial charge in [-0.05, 0) is 19.4 Å². The summed E-state index contributed by atoms with van der Waals surface area (Å²) in [4.78, 5) is 11.5. The second-order valence-electron chi connectivity index (χ2n) is 3.48. The topological polar surface area (TPSA) is 64.3 Å². The van der Waals surface area contributed by atoms with Gasteiger partial charge in [0.2, 0.25) is 0 Å². The van der Waals surface area contributed by atoms with Crippen LogP contribution in [0.25, 0.3) is 0 Å². The Morgan fingerprint density at radius 1 is 1.33 bits per heavy atom. The summed E-state index contributed by atoms with van der Waals surface area (Å²) in [5, 5.41) is 0. The highest BCUT2D eigenvalue weighted by Gasteiger charge is 2.21. The van der Waals surface area contributed by atoms with E-state index >= 15 is 0 Å². The van der Waals surface area contributed by atoms with Crippen LogP contribution >= 0.6 is 0 Å². The molecule has 15 heavy (non-hydrogen) atoms. The third-order valence-electron chi connectivity index (χ3n) is 1.89. The molecular weight excluding hydrogens is 192 g/mol. The molecule has 1 aromatic rings. The molecule has 0 spiro atoms. The van der Waals surface area contributed by atoms with Crippen molar-refractivity contribution >= 4 is 5.91 Å². The summed E-state index contributed by atoms with van der Waals surface area (Å²) in [7, 11) is 0. The molecule has 0 radical (unpaired) electrons. The molecule has 0 fully saturated rings. The van der Waals surface area contributed by atoms with Crippen molar-refractivity contribution in [1.82, 2.24) is 5.43 Å². The van der Waals surface area contributed by atoms with E-state index in [1.165, 1.54) is 0 Å². The third kappa shape index (κ3) is 3.34. The maximum atomic E-state index is 11.5. The van der Waals surface area contributed by atoms with Gasteiger partial charge in [-0.3, -0.25) is 10.2 Å². The molecule has 0 saturated carbocycles. The van der Waals surface area contributed by atoms with Crippen LogP contribution < -0.4 is 11.3 Å². The van der Waals surface area contributed by atoms with Gasteiger partial charge in [-0.15, -0.1) is 0 Å². The Labute approximate surface area is 89.4 Å². The largest absolute Gasteiger partial charge is 0.361 e. The quantitative estimate of drug-likeness (QED) is 0.443. The average Bonchev–Trinajstić information content (AvgIpc) is 2.26. The second-order valence-corrected chi connectivity index (χ2v) is 3.48. The smallest absolute Gasteiger partial charge is 0.267 e. The van der Waals surface area contributed by atoms with Gasteiger partial charge in [-0.25, -0.2) is 5.84 Å². The van der Waals surface area contributed by atoms with Gasteiger partial charge in [-0.1, -0.05) is 30.3 Å². The Morgan fingerprint density at radius 3 is 2.40 bits per heavy atom. The van der Waals surface area contributed by atoms with Gasteiger partial charge in [0.15, 0.2) is 6.10 Å².